The Labute approximate surface area is 64.7 Å². The normalized spacial score (nSPS) is 12.1. The summed E-state index contributed by atoms with van der Waals surface area (Å²) in [6, 6.07) is 0. The van der Waals surface area contributed by atoms with Gasteiger partial charge in [-0.05, 0) is 19.0 Å². The molecule has 0 saturated heterocycles. The minimum Gasteiger partial charge on any atom is -0.306 e. The van der Waals surface area contributed by atoms with E-state index in [1.54, 1.807) is 0 Å². The molecule has 0 radical (unpaired) electrons. The van der Waals surface area contributed by atoms with Crippen LogP contribution in [-0.4, -0.2) is 25.0 Å². The molecule has 0 spiro atoms. The Morgan fingerprint density at radius 1 is 1.50 bits per heavy atom. The second-order valence-electron chi connectivity index (χ2n) is 3.52. The Hall–Kier alpha value is -0.300. The molecule has 1 heteroatoms. The van der Waals surface area contributed by atoms with E-state index in [1.807, 2.05) is 6.08 Å². The summed E-state index contributed by atoms with van der Waals surface area (Å²) >= 11 is 0. The first-order chi connectivity index (χ1) is 4.52. The van der Waals surface area contributed by atoms with Crippen LogP contribution in [-0.2, 0) is 0 Å². The molecule has 0 aliphatic heterocycles. The minimum absolute atomic E-state index is 0.255. The van der Waals surface area contributed by atoms with E-state index >= 15 is 0 Å². The first kappa shape index (κ1) is 9.70. The zero-order valence-electron chi connectivity index (χ0n) is 7.65. The van der Waals surface area contributed by atoms with Crippen molar-refractivity contribution in [1.29, 1.82) is 0 Å². The van der Waals surface area contributed by atoms with Crippen LogP contribution in [0.3, 0.4) is 0 Å². The SMILES string of the molecule is C=CC(C)(C)CN(C)CC. The fraction of sp³-hybridized carbons (Fsp3) is 0.778. The van der Waals surface area contributed by atoms with Crippen molar-refractivity contribution in [2.24, 2.45) is 5.41 Å². The minimum atomic E-state index is 0.255. The van der Waals surface area contributed by atoms with Crippen LogP contribution in [0.2, 0.25) is 0 Å². The Morgan fingerprint density at radius 2 is 2.00 bits per heavy atom. The molecule has 0 bridgehead atoms. The van der Waals surface area contributed by atoms with E-state index in [0.717, 1.165) is 13.1 Å². The van der Waals surface area contributed by atoms with Gasteiger partial charge in [-0.25, -0.2) is 0 Å². The Kier molecular flexibility index (Phi) is 3.66. The Morgan fingerprint density at radius 3 is 2.30 bits per heavy atom. The topological polar surface area (TPSA) is 3.24 Å². The monoisotopic (exact) mass is 141 g/mol. The summed E-state index contributed by atoms with van der Waals surface area (Å²) in [6.45, 7) is 12.6. The summed E-state index contributed by atoms with van der Waals surface area (Å²) in [5, 5.41) is 0. The number of rotatable bonds is 4. The third-order valence-electron chi connectivity index (χ3n) is 1.77. The summed E-state index contributed by atoms with van der Waals surface area (Å²) in [7, 11) is 2.13. The van der Waals surface area contributed by atoms with Gasteiger partial charge in [-0.2, -0.15) is 0 Å². The summed E-state index contributed by atoms with van der Waals surface area (Å²) < 4.78 is 0. The molecule has 0 amide bonds. The van der Waals surface area contributed by atoms with Crippen LogP contribution >= 0.6 is 0 Å². The van der Waals surface area contributed by atoms with E-state index < -0.39 is 0 Å². The fourth-order valence-electron chi connectivity index (χ4n) is 0.872. The summed E-state index contributed by atoms with van der Waals surface area (Å²) in [6.07, 6.45) is 2.01. The van der Waals surface area contributed by atoms with Crippen molar-refractivity contribution in [2.75, 3.05) is 20.1 Å². The lowest BCUT2D eigenvalue weighted by atomic mass is 9.93. The summed E-state index contributed by atoms with van der Waals surface area (Å²) in [5.41, 5.74) is 0.255. The van der Waals surface area contributed by atoms with Gasteiger partial charge in [0.1, 0.15) is 0 Å². The average molecular weight is 141 g/mol. The van der Waals surface area contributed by atoms with Crippen LogP contribution < -0.4 is 0 Å². The van der Waals surface area contributed by atoms with Crippen molar-refractivity contribution in [3.63, 3.8) is 0 Å². The van der Waals surface area contributed by atoms with Gasteiger partial charge in [0, 0.05) is 6.54 Å². The van der Waals surface area contributed by atoms with Gasteiger partial charge in [-0.1, -0.05) is 26.8 Å². The van der Waals surface area contributed by atoms with E-state index in [1.165, 1.54) is 0 Å². The lowest BCUT2D eigenvalue weighted by Crippen LogP contribution is -2.29. The molecule has 60 valence electrons. The summed E-state index contributed by atoms with van der Waals surface area (Å²) in [5.74, 6) is 0. The highest BCUT2D eigenvalue weighted by Gasteiger charge is 2.13. The lowest BCUT2D eigenvalue weighted by molar-refractivity contribution is 0.261. The van der Waals surface area contributed by atoms with E-state index in [4.69, 9.17) is 0 Å². The third-order valence-corrected chi connectivity index (χ3v) is 1.77. The maximum Gasteiger partial charge on any atom is 0.00641 e. The second-order valence-corrected chi connectivity index (χ2v) is 3.52. The van der Waals surface area contributed by atoms with E-state index in [-0.39, 0.29) is 5.41 Å². The van der Waals surface area contributed by atoms with Crippen LogP contribution in [0.5, 0.6) is 0 Å². The number of nitrogens with zero attached hydrogens (tertiary/aromatic N) is 1. The molecule has 0 aromatic carbocycles. The highest BCUT2D eigenvalue weighted by atomic mass is 15.1. The molecule has 0 aliphatic rings. The zero-order valence-corrected chi connectivity index (χ0v) is 7.65. The molecule has 1 nitrogen and oxygen atoms in total. The van der Waals surface area contributed by atoms with Crippen molar-refractivity contribution in [1.82, 2.24) is 4.90 Å². The molecule has 0 heterocycles. The van der Waals surface area contributed by atoms with Gasteiger partial charge in [-0.3, -0.25) is 0 Å². The lowest BCUT2D eigenvalue weighted by Gasteiger charge is -2.26. The van der Waals surface area contributed by atoms with Crippen LogP contribution in [0.4, 0.5) is 0 Å². The number of hydrogen-bond donors (Lipinski definition) is 0. The smallest absolute Gasteiger partial charge is 0.00641 e. The zero-order chi connectivity index (χ0) is 8.20. The average Bonchev–Trinajstić information content (AvgIpc) is 1.87. The first-order valence-corrected chi connectivity index (χ1v) is 3.84. The quantitative estimate of drug-likeness (QED) is 0.542. The molecule has 0 saturated carbocycles. The fourth-order valence-corrected chi connectivity index (χ4v) is 0.872. The molecular weight excluding hydrogens is 122 g/mol. The van der Waals surface area contributed by atoms with Gasteiger partial charge < -0.3 is 4.90 Å². The van der Waals surface area contributed by atoms with Crippen LogP contribution in [0, 0.1) is 5.41 Å². The van der Waals surface area contributed by atoms with Crippen LogP contribution in [0.25, 0.3) is 0 Å². The molecule has 0 N–H and O–H groups in total. The molecule has 10 heavy (non-hydrogen) atoms. The van der Waals surface area contributed by atoms with Gasteiger partial charge >= 0.3 is 0 Å². The first-order valence-electron chi connectivity index (χ1n) is 3.84. The van der Waals surface area contributed by atoms with Crippen molar-refractivity contribution in [3.05, 3.63) is 12.7 Å². The van der Waals surface area contributed by atoms with Gasteiger partial charge in [0.15, 0.2) is 0 Å². The molecule has 0 aromatic rings. The highest BCUT2D eigenvalue weighted by molar-refractivity contribution is 4.89. The van der Waals surface area contributed by atoms with E-state index in [9.17, 15) is 0 Å². The van der Waals surface area contributed by atoms with Crippen LogP contribution in [0.1, 0.15) is 20.8 Å². The maximum absolute atomic E-state index is 3.79. The third kappa shape index (κ3) is 3.67. The molecule has 0 aromatic heterocycles. The molecular formula is C9H19N. The van der Waals surface area contributed by atoms with Crippen molar-refractivity contribution < 1.29 is 0 Å². The Balaban J connectivity index is 3.75. The molecule has 0 aliphatic carbocycles. The largest absolute Gasteiger partial charge is 0.306 e. The van der Waals surface area contributed by atoms with E-state index in [2.05, 4.69) is 39.3 Å². The maximum atomic E-state index is 3.79. The van der Waals surface area contributed by atoms with Crippen molar-refractivity contribution in [2.45, 2.75) is 20.8 Å². The predicted molar refractivity (Wildman–Crippen MR) is 47.1 cm³/mol. The van der Waals surface area contributed by atoms with Gasteiger partial charge in [0.05, 0.1) is 0 Å². The molecule has 0 fully saturated rings. The van der Waals surface area contributed by atoms with E-state index in [0.29, 0.717) is 0 Å². The van der Waals surface area contributed by atoms with Crippen molar-refractivity contribution >= 4 is 0 Å². The Bertz CT molecular complexity index is 105. The molecule has 0 rings (SSSR count). The van der Waals surface area contributed by atoms with Crippen molar-refractivity contribution in [3.8, 4) is 0 Å². The van der Waals surface area contributed by atoms with Gasteiger partial charge in [0.2, 0.25) is 0 Å². The predicted octanol–water partition coefficient (Wildman–Crippen LogP) is 2.15. The second kappa shape index (κ2) is 3.77. The molecule has 0 unspecified atom stereocenters. The van der Waals surface area contributed by atoms with Gasteiger partial charge in [0.25, 0.3) is 0 Å². The standard InChI is InChI=1S/C9H19N/c1-6-9(3,4)8-10(5)7-2/h6H,1,7-8H2,2-5H3. The van der Waals surface area contributed by atoms with Crippen LogP contribution in [0.15, 0.2) is 12.7 Å². The highest BCUT2D eigenvalue weighted by Crippen LogP contribution is 2.16. The van der Waals surface area contributed by atoms with Gasteiger partial charge in [-0.15, -0.1) is 6.58 Å². The summed E-state index contributed by atoms with van der Waals surface area (Å²) in [4.78, 5) is 2.29. The number of hydrogen-bond acceptors (Lipinski definition) is 1. The molecule has 0 atom stereocenters.